The molecule has 0 bridgehead atoms. The van der Waals surface area contributed by atoms with E-state index in [4.69, 9.17) is 0 Å². The number of nitrogens with zero attached hydrogens (tertiary/aromatic N) is 3. The van der Waals surface area contributed by atoms with E-state index in [1.165, 1.54) is 0 Å². The second kappa shape index (κ2) is 6.72. The van der Waals surface area contributed by atoms with Crippen molar-refractivity contribution < 1.29 is 9.59 Å². The summed E-state index contributed by atoms with van der Waals surface area (Å²) in [7, 11) is 0. The Labute approximate surface area is 147 Å². The van der Waals surface area contributed by atoms with E-state index in [2.05, 4.69) is 22.8 Å². The molecule has 25 heavy (non-hydrogen) atoms. The van der Waals surface area contributed by atoms with Crippen LogP contribution in [-0.4, -0.2) is 58.3 Å². The number of hydrogen-bond donors (Lipinski definition) is 2. The maximum absolute atomic E-state index is 12.9. The van der Waals surface area contributed by atoms with Crippen LogP contribution >= 0.6 is 0 Å². The highest BCUT2D eigenvalue weighted by Gasteiger charge is 2.45. The number of likely N-dealkylation sites (tertiary alicyclic amines) is 2. The number of carbonyl (C=O) groups excluding carboxylic acids is 2. The first-order chi connectivity index (χ1) is 12.1. The van der Waals surface area contributed by atoms with E-state index in [1.54, 1.807) is 6.20 Å². The third-order valence-corrected chi connectivity index (χ3v) is 5.64. The topological polar surface area (TPSA) is 77.6 Å². The molecule has 2 amide bonds. The van der Waals surface area contributed by atoms with E-state index in [0.29, 0.717) is 31.6 Å². The first-order valence-corrected chi connectivity index (χ1v) is 9.09. The molecule has 3 saturated heterocycles. The van der Waals surface area contributed by atoms with Crippen LogP contribution in [0.2, 0.25) is 0 Å². The Kier molecular flexibility index (Phi) is 4.43. The minimum Gasteiger partial charge on any atom is -0.340 e. The van der Waals surface area contributed by atoms with Crippen LogP contribution in [0, 0.1) is 11.8 Å². The summed E-state index contributed by atoms with van der Waals surface area (Å²) in [5, 5.41) is 0. The lowest BCUT2D eigenvalue weighted by Gasteiger charge is -2.33. The molecule has 4 atom stereocenters. The van der Waals surface area contributed by atoms with E-state index in [0.717, 1.165) is 24.9 Å². The molecule has 3 aliphatic rings. The molecule has 0 radical (unpaired) electrons. The Morgan fingerprint density at radius 3 is 2.96 bits per heavy atom. The monoisotopic (exact) mass is 343 g/mol. The van der Waals surface area contributed by atoms with Crippen molar-refractivity contribution in [3.8, 4) is 0 Å². The molecule has 4 rings (SSSR count). The van der Waals surface area contributed by atoms with Crippen molar-refractivity contribution in [2.45, 2.75) is 38.4 Å². The van der Waals surface area contributed by atoms with Crippen molar-refractivity contribution in [1.29, 1.82) is 0 Å². The summed E-state index contributed by atoms with van der Waals surface area (Å²) in [6.07, 6.45) is 5.31. The zero-order chi connectivity index (χ0) is 17.4. The normalized spacial score (nSPS) is 32.1. The minimum absolute atomic E-state index is 0.0545. The molecule has 3 fully saturated rings. The molecule has 1 aromatic rings. The summed E-state index contributed by atoms with van der Waals surface area (Å²) in [5.74, 6) is 0.550. The van der Waals surface area contributed by atoms with Gasteiger partial charge in [-0.25, -0.2) is 5.43 Å². The van der Waals surface area contributed by atoms with Crippen molar-refractivity contribution in [2.24, 2.45) is 11.8 Å². The summed E-state index contributed by atoms with van der Waals surface area (Å²) in [5.41, 5.74) is 7.23. The predicted molar refractivity (Wildman–Crippen MR) is 92.0 cm³/mol. The molecule has 4 heterocycles. The number of hydrogen-bond acceptors (Lipinski definition) is 5. The van der Waals surface area contributed by atoms with Crippen molar-refractivity contribution in [3.63, 3.8) is 0 Å². The van der Waals surface area contributed by atoms with Crippen LogP contribution in [0.4, 0.5) is 0 Å². The van der Waals surface area contributed by atoms with Crippen LogP contribution in [0.1, 0.15) is 25.3 Å². The first-order valence-electron chi connectivity index (χ1n) is 9.09. The van der Waals surface area contributed by atoms with Crippen LogP contribution in [0.15, 0.2) is 24.5 Å². The lowest BCUT2D eigenvalue weighted by Crippen LogP contribution is -2.46. The summed E-state index contributed by atoms with van der Waals surface area (Å²) >= 11 is 0. The standard InChI is InChI=1S/C18H25N5O2/c1-12-7-16(21-20-12)18(25)23-10-14-4-6-22(17(24)15(14)11-23)9-13-3-2-5-19-8-13/h2-3,5,8,12,14-16,20-21H,4,6-7,9-11H2,1H3. The Bertz CT molecular complexity index is 652. The van der Waals surface area contributed by atoms with E-state index in [-0.39, 0.29) is 23.8 Å². The van der Waals surface area contributed by atoms with Crippen molar-refractivity contribution in [3.05, 3.63) is 30.1 Å². The Morgan fingerprint density at radius 1 is 1.36 bits per heavy atom. The van der Waals surface area contributed by atoms with Gasteiger partial charge in [0.2, 0.25) is 11.8 Å². The van der Waals surface area contributed by atoms with Gasteiger partial charge in [0.1, 0.15) is 6.04 Å². The fraction of sp³-hybridized carbons (Fsp3) is 0.611. The Balaban J connectivity index is 1.39. The number of nitrogens with one attached hydrogen (secondary N) is 2. The molecular weight excluding hydrogens is 318 g/mol. The van der Waals surface area contributed by atoms with E-state index in [1.807, 2.05) is 28.1 Å². The molecule has 0 saturated carbocycles. The highest BCUT2D eigenvalue weighted by molar-refractivity contribution is 5.85. The van der Waals surface area contributed by atoms with Gasteiger partial charge in [-0.2, -0.15) is 0 Å². The van der Waals surface area contributed by atoms with Crippen LogP contribution in [-0.2, 0) is 16.1 Å². The van der Waals surface area contributed by atoms with Gasteiger partial charge >= 0.3 is 0 Å². The van der Waals surface area contributed by atoms with Crippen LogP contribution in [0.25, 0.3) is 0 Å². The van der Waals surface area contributed by atoms with Gasteiger partial charge < -0.3 is 9.80 Å². The zero-order valence-corrected chi connectivity index (χ0v) is 14.5. The smallest absolute Gasteiger partial charge is 0.241 e. The number of amides is 2. The summed E-state index contributed by atoms with van der Waals surface area (Å²) in [6, 6.07) is 4.02. The molecule has 7 nitrogen and oxygen atoms in total. The predicted octanol–water partition coefficient (Wildman–Crippen LogP) is 0.144. The van der Waals surface area contributed by atoms with E-state index in [9.17, 15) is 9.59 Å². The van der Waals surface area contributed by atoms with Crippen molar-refractivity contribution in [2.75, 3.05) is 19.6 Å². The summed E-state index contributed by atoms with van der Waals surface area (Å²) < 4.78 is 0. The van der Waals surface area contributed by atoms with E-state index >= 15 is 0 Å². The number of piperidine rings is 1. The van der Waals surface area contributed by atoms with Gasteiger partial charge in [0.15, 0.2) is 0 Å². The van der Waals surface area contributed by atoms with Gasteiger partial charge in [-0.05, 0) is 37.3 Å². The van der Waals surface area contributed by atoms with Crippen LogP contribution < -0.4 is 10.9 Å². The molecular formula is C18H25N5O2. The maximum atomic E-state index is 12.9. The van der Waals surface area contributed by atoms with E-state index < -0.39 is 0 Å². The number of hydrazine groups is 1. The zero-order valence-electron chi connectivity index (χ0n) is 14.5. The fourth-order valence-corrected chi connectivity index (χ4v) is 4.26. The second-order valence-electron chi connectivity index (χ2n) is 7.50. The largest absolute Gasteiger partial charge is 0.340 e. The molecule has 0 spiro atoms. The molecule has 4 unspecified atom stereocenters. The lowest BCUT2D eigenvalue weighted by molar-refractivity contribution is -0.140. The minimum atomic E-state index is -0.170. The number of pyridine rings is 1. The molecule has 0 aliphatic carbocycles. The molecule has 7 heteroatoms. The van der Waals surface area contributed by atoms with Gasteiger partial charge in [-0.3, -0.25) is 20.0 Å². The Hall–Kier alpha value is -1.99. The summed E-state index contributed by atoms with van der Waals surface area (Å²) in [4.78, 5) is 33.5. The molecule has 134 valence electrons. The third-order valence-electron chi connectivity index (χ3n) is 5.64. The van der Waals surface area contributed by atoms with Crippen molar-refractivity contribution in [1.82, 2.24) is 25.6 Å². The van der Waals surface area contributed by atoms with Gasteiger partial charge in [-0.1, -0.05) is 6.07 Å². The number of rotatable bonds is 3. The lowest BCUT2D eigenvalue weighted by atomic mass is 9.88. The average molecular weight is 343 g/mol. The second-order valence-corrected chi connectivity index (χ2v) is 7.50. The number of carbonyl (C=O) groups is 2. The Morgan fingerprint density at radius 2 is 2.24 bits per heavy atom. The molecule has 1 aromatic heterocycles. The highest BCUT2D eigenvalue weighted by atomic mass is 16.2. The van der Waals surface area contributed by atoms with Gasteiger partial charge in [0, 0.05) is 44.6 Å². The van der Waals surface area contributed by atoms with Crippen molar-refractivity contribution >= 4 is 11.8 Å². The average Bonchev–Trinajstić information content (AvgIpc) is 3.24. The van der Waals surface area contributed by atoms with Crippen LogP contribution in [0.3, 0.4) is 0 Å². The van der Waals surface area contributed by atoms with Crippen LogP contribution in [0.5, 0.6) is 0 Å². The van der Waals surface area contributed by atoms with Gasteiger partial charge in [0.25, 0.3) is 0 Å². The number of aromatic nitrogens is 1. The SMILES string of the molecule is CC1CC(C(=O)N2CC3CCN(Cc4cccnc4)C(=O)C3C2)NN1. The highest BCUT2D eigenvalue weighted by Crippen LogP contribution is 2.33. The quantitative estimate of drug-likeness (QED) is 0.817. The molecule has 0 aromatic carbocycles. The third kappa shape index (κ3) is 3.26. The summed E-state index contributed by atoms with van der Waals surface area (Å²) in [6.45, 7) is 4.69. The number of fused-ring (bicyclic) bond motifs is 1. The molecule has 3 aliphatic heterocycles. The fourth-order valence-electron chi connectivity index (χ4n) is 4.26. The van der Waals surface area contributed by atoms with Gasteiger partial charge in [-0.15, -0.1) is 0 Å². The van der Waals surface area contributed by atoms with Gasteiger partial charge in [0.05, 0.1) is 5.92 Å². The first kappa shape index (κ1) is 16.5. The molecule has 2 N–H and O–H groups in total. The maximum Gasteiger partial charge on any atom is 0.241 e.